The molecular formula is C12H18N2O2. The average Bonchev–Trinajstić information content (AvgIpc) is 2.88. The Morgan fingerprint density at radius 3 is 3.19 bits per heavy atom. The Morgan fingerprint density at radius 1 is 1.69 bits per heavy atom. The van der Waals surface area contributed by atoms with Crippen LogP contribution in [0.4, 0.5) is 0 Å². The summed E-state index contributed by atoms with van der Waals surface area (Å²) >= 11 is 0. The third-order valence-electron chi connectivity index (χ3n) is 3.13. The summed E-state index contributed by atoms with van der Waals surface area (Å²) in [5.41, 5.74) is 0. The fourth-order valence-electron chi connectivity index (χ4n) is 2.12. The normalized spacial score (nSPS) is 21.2. The number of furan rings is 1. The molecule has 88 valence electrons. The van der Waals surface area contributed by atoms with Crippen molar-refractivity contribution in [3.8, 4) is 0 Å². The van der Waals surface area contributed by atoms with Crippen molar-refractivity contribution in [2.24, 2.45) is 0 Å². The van der Waals surface area contributed by atoms with Crippen LogP contribution in [0, 0.1) is 0 Å². The van der Waals surface area contributed by atoms with Gasteiger partial charge in [0.2, 0.25) is 5.91 Å². The van der Waals surface area contributed by atoms with Crippen LogP contribution < -0.4 is 5.32 Å². The van der Waals surface area contributed by atoms with E-state index in [2.05, 4.69) is 17.3 Å². The van der Waals surface area contributed by atoms with Crippen molar-refractivity contribution in [1.82, 2.24) is 10.2 Å². The number of amides is 1. The highest BCUT2D eigenvalue weighted by molar-refractivity contribution is 5.76. The molecule has 1 unspecified atom stereocenters. The molecule has 2 heterocycles. The van der Waals surface area contributed by atoms with E-state index in [0.29, 0.717) is 19.0 Å². The molecule has 1 atom stereocenters. The predicted molar refractivity (Wildman–Crippen MR) is 60.8 cm³/mol. The molecule has 1 fully saturated rings. The van der Waals surface area contributed by atoms with E-state index in [9.17, 15) is 4.79 Å². The minimum absolute atomic E-state index is 0.107. The smallest absolute Gasteiger partial charge is 0.221 e. The van der Waals surface area contributed by atoms with Gasteiger partial charge in [0.15, 0.2) is 0 Å². The summed E-state index contributed by atoms with van der Waals surface area (Å²) in [6.07, 6.45) is 4.54. The number of carbonyl (C=O) groups is 1. The zero-order valence-electron chi connectivity index (χ0n) is 9.61. The SMILES string of the molecule is CN1CCCC1CC(=O)NCc1ccco1. The van der Waals surface area contributed by atoms with Crippen molar-refractivity contribution in [2.75, 3.05) is 13.6 Å². The van der Waals surface area contributed by atoms with Gasteiger partial charge in [0.25, 0.3) is 0 Å². The van der Waals surface area contributed by atoms with Gasteiger partial charge in [-0.1, -0.05) is 0 Å². The van der Waals surface area contributed by atoms with Gasteiger partial charge in [-0.15, -0.1) is 0 Å². The summed E-state index contributed by atoms with van der Waals surface area (Å²) in [7, 11) is 2.08. The Bertz CT molecular complexity index is 335. The second kappa shape index (κ2) is 5.16. The lowest BCUT2D eigenvalue weighted by Gasteiger charge is -2.18. The highest BCUT2D eigenvalue weighted by Crippen LogP contribution is 2.17. The van der Waals surface area contributed by atoms with Gasteiger partial charge >= 0.3 is 0 Å². The first-order chi connectivity index (χ1) is 7.75. The molecule has 2 rings (SSSR count). The molecule has 0 saturated carbocycles. The minimum atomic E-state index is 0.107. The summed E-state index contributed by atoms with van der Waals surface area (Å²) < 4.78 is 5.15. The fraction of sp³-hybridized carbons (Fsp3) is 0.583. The highest BCUT2D eigenvalue weighted by atomic mass is 16.3. The minimum Gasteiger partial charge on any atom is -0.467 e. The van der Waals surface area contributed by atoms with E-state index in [-0.39, 0.29) is 5.91 Å². The van der Waals surface area contributed by atoms with Gasteiger partial charge in [0, 0.05) is 12.5 Å². The molecule has 0 radical (unpaired) electrons. The van der Waals surface area contributed by atoms with Crippen LogP contribution in [0.5, 0.6) is 0 Å². The second-order valence-corrected chi connectivity index (χ2v) is 4.34. The van der Waals surface area contributed by atoms with E-state index in [1.807, 2.05) is 12.1 Å². The van der Waals surface area contributed by atoms with Gasteiger partial charge in [-0.05, 0) is 38.6 Å². The van der Waals surface area contributed by atoms with E-state index in [4.69, 9.17) is 4.42 Å². The van der Waals surface area contributed by atoms with Crippen molar-refractivity contribution in [3.63, 3.8) is 0 Å². The number of nitrogens with one attached hydrogen (secondary N) is 1. The summed E-state index contributed by atoms with van der Waals surface area (Å²) in [4.78, 5) is 13.9. The Labute approximate surface area is 95.6 Å². The molecule has 1 aromatic heterocycles. The van der Waals surface area contributed by atoms with Crippen LogP contribution in [-0.4, -0.2) is 30.4 Å². The Kier molecular flexibility index (Phi) is 3.62. The average molecular weight is 222 g/mol. The molecule has 1 saturated heterocycles. The van der Waals surface area contributed by atoms with Gasteiger partial charge in [-0.3, -0.25) is 4.79 Å². The van der Waals surface area contributed by atoms with Crippen LogP contribution in [-0.2, 0) is 11.3 Å². The maximum Gasteiger partial charge on any atom is 0.221 e. The molecule has 0 aliphatic carbocycles. The summed E-state index contributed by atoms with van der Waals surface area (Å²) in [5, 5.41) is 2.87. The first kappa shape index (κ1) is 11.2. The molecule has 1 aliphatic heterocycles. The van der Waals surface area contributed by atoms with Crippen LogP contribution >= 0.6 is 0 Å². The Morgan fingerprint density at radius 2 is 2.56 bits per heavy atom. The molecule has 0 spiro atoms. The molecule has 4 heteroatoms. The summed E-state index contributed by atoms with van der Waals surface area (Å²) in [6, 6.07) is 4.10. The van der Waals surface area contributed by atoms with E-state index in [1.54, 1.807) is 6.26 Å². The number of nitrogens with zero attached hydrogens (tertiary/aromatic N) is 1. The van der Waals surface area contributed by atoms with Crippen molar-refractivity contribution < 1.29 is 9.21 Å². The third kappa shape index (κ3) is 2.85. The Balaban J connectivity index is 1.72. The van der Waals surface area contributed by atoms with Gasteiger partial charge in [0.05, 0.1) is 12.8 Å². The zero-order chi connectivity index (χ0) is 11.4. The maximum atomic E-state index is 11.7. The van der Waals surface area contributed by atoms with E-state index < -0.39 is 0 Å². The van der Waals surface area contributed by atoms with Crippen LogP contribution in [0.2, 0.25) is 0 Å². The first-order valence-electron chi connectivity index (χ1n) is 5.75. The second-order valence-electron chi connectivity index (χ2n) is 4.34. The van der Waals surface area contributed by atoms with Gasteiger partial charge in [-0.2, -0.15) is 0 Å². The van der Waals surface area contributed by atoms with E-state index in [0.717, 1.165) is 18.7 Å². The maximum absolute atomic E-state index is 11.7. The van der Waals surface area contributed by atoms with Gasteiger partial charge in [-0.25, -0.2) is 0 Å². The summed E-state index contributed by atoms with van der Waals surface area (Å²) in [5.74, 6) is 0.906. The molecule has 0 aromatic carbocycles. The van der Waals surface area contributed by atoms with E-state index in [1.165, 1.54) is 6.42 Å². The van der Waals surface area contributed by atoms with Crippen LogP contribution in [0.25, 0.3) is 0 Å². The number of rotatable bonds is 4. The molecule has 1 amide bonds. The van der Waals surface area contributed by atoms with Crippen LogP contribution in [0.1, 0.15) is 25.0 Å². The summed E-state index contributed by atoms with van der Waals surface area (Å²) in [6.45, 7) is 1.60. The van der Waals surface area contributed by atoms with Crippen molar-refractivity contribution >= 4 is 5.91 Å². The van der Waals surface area contributed by atoms with Crippen molar-refractivity contribution in [2.45, 2.75) is 31.8 Å². The van der Waals surface area contributed by atoms with Crippen molar-refractivity contribution in [1.29, 1.82) is 0 Å². The number of likely N-dealkylation sites (tertiary alicyclic amines) is 1. The van der Waals surface area contributed by atoms with Gasteiger partial charge in [0.1, 0.15) is 5.76 Å². The molecule has 1 aliphatic rings. The highest BCUT2D eigenvalue weighted by Gasteiger charge is 2.23. The van der Waals surface area contributed by atoms with Crippen molar-refractivity contribution in [3.05, 3.63) is 24.2 Å². The van der Waals surface area contributed by atoms with E-state index >= 15 is 0 Å². The molecule has 16 heavy (non-hydrogen) atoms. The quantitative estimate of drug-likeness (QED) is 0.837. The standard InChI is InChI=1S/C12H18N2O2/c1-14-6-2-4-10(14)8-12(15)13-9-11-5-3-7-16-11/h3,5,7,10H,2,4,6,8-9H2,1H3,(H,13,15). The molecule has 4 nitrogen and oxygen atoms in total. The zero-order valence-corrected chi connectivity index (χ0v) is 9.61. The number of hydrogen-bond donors (Lipinski definition) is 1. The molecule has 1 N–H and O–H groups in total. The lowest BCUT2D eigenvalue weighted by Crippen LogP contribution is -2.32. The topological polar surface area (TPSA) is 45.5 Å². The fourth-order valence-corrected chi connectivity index (χ4v) is 2.12. The largest absolute Gasteiger partial charge is 0.467 e. The first-order valence-corrected chi connectivity index (χ1v) is 5.75. The van der Waals surface area contributed by atoms with Crippen LogP contribution in [0.15, 0.2) is 22.8 Å². The monoisotopic (exact) mass is 222 g/mol. The number of carbonyl (C=O) groups excluding carboxylic acids is 1. The number of hydrogen-bond acceptors (Lipinski definition) is 3. The molecule has 0 bridgehead atoms. The lowest BCUT2D eigenvalue weighted by molar-refractivity contribution is -0.122. The molecular weight excluding hydrogens is 204 g/mol. The predicted octanol–water partition coefficient (Wildman–Crippen LogP) is 1.38. The Hall–Kier alpha value is -1.29. The van der Waals surface area contributed by atoms with Crippen LogP contribution in [0.3, 0.4) is 0 Å². The third-order valence-corrected chi connectivity index (χ3v) is 3.13. The lowest BCUT2D eigenvalue weighted by atomic mass is 10.1. The van der Waals surface area contributed by atoms with Gasteiger partial charge < -0.3 is 14.6 Å². The molecule has 1 aromatic rings.